The maximum Gasteiger partial charge on any atom is 0.234 e. The van der Waals surface area contributed by atoms with Crippen LogP contribution in [0.5, 0.6) is 0 Å². The number of nitrogens with zero attached hydrogens (tertiary/aromatic N) is 4. The van der Waals surface area contributed by atoms with E-state index in [-0.39, 0.29) is 6.04 Å². The first-order chi connectivity index (χ1) is 8.16. The third-order valence-electron chi connectivity index (χ3n) is 3.50. The van der Waals surface area contributed by atoms with E-state index in [1.807, 2.05) is 4.52 Å². The van der Waals surface area contributed by atoms with Gasteiger partial charge in [0.2, 0.25) is 4.96 Å². The molecule has 1 aliphatic carbocycles. The van der Waals surface area contributed by atoms with Gasteiger partial charge in [-0.2, -0.15) is 9.61 Å². The number of rotatable bonds is 3. The number of fused-ring (bicyclic) bond motifs is 1. The summed E-state index contributed by atoms with van der Waals surface area (Å²) in [6.45, 7) is 4.22. The lowest BCUT2D eigenvalue weighted by molar-refractivity contribution is 0.394. The van der Waals surface area contributed by atoms with Crippen LogP contribution < -0.4 is 5.73 Å². The van der Waals surface area contributed by atoms with Crippen molar-refractivity contribution in [2.75, 3.05) is 0 Å². The molecule has 0 aromatic carbocycles. The van der Waals surface area contributed by atoms with E-state index in [9.17, 15) is 0 Å². The van der Waals surface area contributed by atoms with Crippen molar-refractivity contribution in [2.24, 2.45) is 11.7 Å². The maximum absolute atomic E-state index is 6.12. The molecule has 1 atom stereocenters. The maximum atomic E-state index is 6.12. The molecule has 2 aromatic heterocycles. The van der Waals surface area contributed by atoms with Crippen molar-refractivity contribution in [1.82, 2.24) is 19.8 Å². The molecule has 1 unspecified atom stereocenters. The SMILES string of the molecule is CC(C)C(N)c1nn2c(C3CCC3)nnc2s1. The summed E-state index contributed by atoms with van der Waals surface area (Å²) in [6.07, 6.45) is 3.72. The molecule has 92 valence electrons. The minimum Gasteiger partial charge on any atom is -0.322 e. The van der Waals surface area contributed by atoms with Gasteiger partial charge in [-0.05, 0) is 18.8 Å². The lowest BCUT2D eigenvalue weighted by Crippen LogP contribution is -2.17. The molecule has 0 radical (unpaired) electrons. The summed E-state index contributed by atoms with van der Waals surface area (Å²) in [5, 5.41) is 14.0. The average molecular weight is 251 g/mol. The molecule has 1 aliphatic rings. The first-order valence-corrected chi connectivity index (χ1v) is 6.96. The Hall–Kier alpha value is -1.01. The van der Waals surface area contributed by atoms with Crippen molar-refractivity contribution in [3.8, 4) is 0 Å². The lowest BCUT2D eigenvalue weighted by Gasteiger charge is -2.22. The number of nitrogens with two attached hydrogens (primary N) is 1. The second kappa shape index (κ2) is 4.03. The van der Waals surface area contributed by atoms with Crippen molar-refractivity contribution < 1.29 is 0 Å². The molecule has 2 heterocycles. The van der Waals surface area contributed by atoms with Crippen LogP contribution in [0.15, 0.2) is 0 Å². The second-order valence-corrected chi connectivity index (χ2v) is 6.08. The van der Waals surface area contributed by atoms with Gasteiger partial charge in [-0.1, -0.05) is 31.6 Å². The Kier molecular flexibility index (Phi) is 2.63. The van der Waals surface area contributed by atoms with Gasteiger partial charge in [-0.15, -0.1) is 10.2 Å². The Balaban J connectivity index is 1.98. The topological polar surface area (TPSA) is 69.1 Å². The van der Waals surface area contributed by atoms with Gasteiger partial charge < -0.3 is 5.73 Å². The summed E-state index contributed by atoms with van der Waals surface area (Å²) in [5.41, 5.74) is 6.12. The van der Waals surface area contributed by atoms with Crippen molar-refractivity contribution in [2.45, 2.75) is 45.1 Å². The number of hydrogen-bond donors (Lipinski definition) is 1. The molecule has 5 nitrogen and oxygen atoms in total. The van der Waals surface area contributed by atoms with Crippen molar-refractivity contribution in [1.29, 1.82) is 0 Å². The molecule has 17 heavy (non-hydrogen) atoms. The van der Waals surface area contributed by atoms with E-state index >= 15 is 0 Å². The van der Waals surface area contributed by atoms with Gasteiger partial charge in [-0.3, -0.25) is 0 Å². The highest BCUT2D eigenvalue weighted by Gasteiger charge is 2.27. The Morgan fingerprint density at radius 2 is 2.12 bits per heavy atom. The van der Waals surface area contributed by atoms with Crippen LogP contribution in [-0.2, 0) is 0 Å². The zero-order valence-electron chi connectivity index (χ0n) is 10.1. The van der Waals surface area contributed by atoms with Crippen LogP contribution in [0.3, 0.4) is 0 Å². The highest BCUT2D eigenvalue weighted by atomic mass is 32.1. The van der Waals surface area contributed by atoms with E-state index < -0.39 is 0 Å². The molecule has 2 N–H and O–H groups in total. The predicted molar refractivity (Wildman–Crippen MR) is 67.0 cm³/mol. The highest BCUT2D eigenvalue weighted by molar-refractivity contribution is 7.16. The third-order valence-corrected chi connectivity index (χ3v) is 4.50. The van der Waals surface area contributed by atoms with Crippen molar-refractivity contribution >= 4 is 16.3 Å². The molecule has 0 amide bonds. The molecule has 0 saturated heterocycles. The first-order valence-electron chi connectivity index (χ1n) is 6.14. The molecule has 3 rings (SSSR count). The Morgan fingerprint density at radius 3 is 2.71 bits per heavy atom. The summed E-state index contributed by atoms with van der Waals surface area (Å²) < 4.78 is 1.89. The standard InChI is InChI=1S/C11H17N5S/c1-6(2)8(12)10-15-16-9(7-4-3-5-7)13-14-11(16)17-10/h6-8H,3-5,12H2,1-2H3. The Bertz CT molecular complexity index is 525. The molecule has 6 heteroatoms. The summed E-state index contributed by atoms with van der Waals surface area (Å²) >= 11 is 1.56. The number of aromatic nitrogens is 4. The molecule has 1 fully saturated rings. The van der Waals surface area contributed by atoms with Crippen LogP contribution in [0, 0.1) is 5.92 Å². The summed E-state index contributed by atoms with van der Waals surface area (Å²) in [6, 6.07) is -0.00376. The van der Waals surface area contributed by atoms with E-state index in [1.165, 1.54) is 19.3 Å². The first kappa shape index (κ1) is 11.1. The molecule has 0 aliphatic heterocycles. The van der Waals surface area contributed by atoms with Crippen LogP contribution >= 0.6 is 11.3 Å². The van der Waals surface area contributed by atoms with E-state index in [2.05, 4.69) is 29.1 Å². The Morgan fingerprint density at radius 1 is 1.35 bits per heavy atom. The van der Waals surface area contributed by atoms with Gasteiger partial charge in [0.05, 0.1) is 6.04 Å². The molecule has 0 spiro atoms. The summed E-state index contributed by atoms with van der Waals surface area (Å²) in [7, 11) is 0. The zero-order chi connectivity index (χ0) is 12.0. The second-order valence-electron chi connectivity index (χ2n) is 5.09. The monoisotopic (exact) mass is 251 g/mol. The highest BCUT2D eigenvalue weighted by Crippen LogP contribution is 2.36. The lowest BCUT2D eigenvalue weighted by atomic mass is 9.85. The molecule has 2 aromatic rings. The van der Waals surface area contributed by atoms with Crippen molar-refractivity contribution in [3.63, 3.8) is 0 Å². The van der Waals surface area contributed by atoms with Crippen LogP contribution in [0.4, 0.5) is 0 Å². The van der Waals surface area contributed by atoms with Gasteiger partial charge in [-0.25, -0.2) is 0 Å². The van der Waals surface area contributed by atoms with Gasteiger partial charge in [0.25, 0.3) is 0 Å². The fourth-order valence-corrected chi connectivity index (χ4v) is 3.01. The molecule has 1 saturated carbocycles. The van der Waals surface area contributed by atoms with E-state index in [0.717, 1.165) is 15.8 Å². The van der Waals surface area contributed by atoms with Crippen LogP contribution in [0.1, 0.15) is 55.9 Å². The summed E-state index contributed by atoms with van der Waals surface area (Å²) in [5.74, 6) is 1.96. The smallest absolute Gasteiger partial charge is 0.234 e. The van der Waals surface area contributed by atoms with Crippen molar-refractivity contribution in [3.05, 3.63) is 10.8 Å². The number of hydrogen-bond acceptors (Lipinski definition) is 5. The van der Waals surface area contributed by atoms with E-state index in [4.69, 9.17) is 5.73 Å². The van der Waals surface area contributed by atoms with Crippen LogP contribution in [0.2, 0.25) is 0 Å². The van der Waals surface area contributed by atoms with Gasteiger partial charge in [0.1, 0.15) is 5.01 Å². The molecular weight excluding hydrogens is 234 g/mol. The van der Waals surface area contributed by atoms with E-state index in [0.29, 0.717) is 11.8 Å². The van der Waals surface area contributed by atoms with E-state index in [1.54, 1.807) is 11.3 Å². The van der Waals surface area contributed by atoms with Crippen LogP contribution in [0.25, 0.3) is 4.96 Å². The predicted octanol–water partition coefficient (Wildman–Crippen LogP) is 2.11. The largest absolute Gasteiger partial charge is 0.322 e. The minimum atomic E-state index is -0.00376. The Labute approximate surface area is 104 Å². The van der Waals surface area contributed by atoms with Gasteiger partial charge >= 0.3 is 0 Å². The minimum absolute atomic E-state index is 0.00376. The average Bonchev–Trinajstić information content (AvgIpc) is 2.76. The fourth-order valence-electron chi connectivity index (χ4n) is 1.99. The quantitative estimate of drug-likeness (QED) is 0.907. The normalized spacial score (nSPS) is 18.8. The third kappa shape index (κ3) is 1.75. The summed E-state index contributed by atoms with van der Waals surface area (Å²) in [4.78, 5) is 0.873. The molecular formula is C11H17N5S. The van der Waals surface area contributed by atoms with Gasteiger partial charge in [0.15, 0.2) is 5.82 Å². The van der Waals surface area contributed by atoms with Gasteiger partial charge in [0, 0.05) is 5.92 Å². The molecule has 0 bridgehead atoms. The fraction of sp³-hybridized carbons (Fsp3) is 0.727. The van der Waals surface area contributed by atoms with Crippen LogP contribution in [-0.4, -0.2) is 19.8 Å². The zero-order valence-corrected chi connectivity index (χ0v) is 10.9.